The minimum Gasteiger partial charge on any atom is -0.389 e. The van der Waals surface area contributed by atoms with Crippen LogP contribution in [-0.4, -0.2) is 37.5 Å². The molecule has 1 aromatic rings. The molecule has 0 amide bonds. The molecular weight excluding hydrogens is 282 g/mol. The summed E-state index contributed by atoms with van der Waals surface area (Å²) in [6.45, 7) is 3.82. The number of nitrogens with one attached hydrogen (secondary N) is 1. The monoisotopic (exact) mass is 301 g/mol. The van der Waals surface area contributed by atoms with Gasteiger partial charge in [-0.15, -0.1) is 0 Å². The molecule has 0 saturated heterocycles. The van der Waals surface area contributed by atoms with E-state index in [1.165, 1.54) is 0 Å². The van der Waals surface area contributed by atoms with Crippen LogP contribution < -0.4 is 5.32 Å². The second kappa shape index (κ2) is 7.11. The molecule has 0 heterocycles. The molecule has 0 spiro atoms. The quantitative estimate of drug-likeness (QED) is 0.757. The third-order valence-electron chi connectivity index (χ3n) is 2.49. The van der Waals surface area contributed by atoms with Crippen molar-refractivity contribution in [2.24, 2.45) is 0 Å². The Morgan fingerprint density at radius 1 is 1.35 bits per heavy atom. The standard InChI is InChI=1S/C13H20BrNO2/c1-13(16,10-15-7-8-17-2)9-11-3-5-12(14)6-4-11/h3-6,15-16H,7-10H2,1-2H3. The Morgan fingerprint density at radius 2 is 2.00 bits per heavy atom. The van der Waals surface area contributed by atoms with Gasteiger partial charge in [0, 0.05) is 31.1 Å². The molecule has 17 heavy (non-hydrogen) atoms. The van der Waals surface area contributed by atoms with E-state index in [9.17, 15) is 5.11 Å². The molecule has 0 saturated carbocycles. The van der Waals surface area contributed by atoms with Gasteiger partial charge < -0.3 is 15.2 Å². The summed E-state index contributed by atoms with van der Waals surface area (Å²) in [5.74, 6) is 0. The zero-order valence-electron chi connectivity index (χ0n) is 10.4. The molecule has 0 bridgehead atoms. The van der Waals surface area contributed by atoms with Crippen molar-refractivity contribution in [3.8, 4) is 0 Å². The molecule has 0 aromatic heterocycles. The van der Waals surface area contributed by atoms with Gasteiger partial charge in [-0.2, -0.15) is 0 Å². The number of rotatable bonds is 7. The Bertz CT molecular complexity index is 325. The van der Waals surface area contributed by atoms with Crippen LogP contribution in [0.1, 0.15) is 12.5 Å². The van der Waals surface area contributed by atoms with Gasteiger partial charge >= 0.3 is 0 Å². The highest BCUT2D eigenvalue weighted by Gasteiger charge is 2.20. The Kier molecular flexibility index (Phi) is 6.12. The highest BCUT2D eigenvalue weighted by molar-refractivity contribution is 9.10. The SMILES string of the molecule is COCCNCC(C)(O)Cc1ccc(Br)cc1. The molecule has 1 rings (SSSR count). The molecule has 4 heteroatoms. The van der Waals surface area contributed by atoms with Gasteiger partial charge in [0.25, 0.3) is 0 Å². The topological polar surface area (TPSA) is 41.5 Å². The number of ether oxygens (including phenoxy) is 1. The van der Waals surface area contributed by atoms with Gasteiger partial charge in [-0.1, -0.05) is 28.1 Å². The molecule has 0 aliphatic rings. The maximum atomic E-state index is 10.2. The Balaban J connectivity index is 2.40. The zero-order valence-corrected chi connectivity index (χ0v) is 12.0. The third-order valence-corrected chi connectivity index (χ3v) is 3.02. The largest absolute Gasteiger partial charge is 0.389 e. The number of methoxy groups -OCH3 is 1. The van der Waals surface area contributed by atoms with Gasteiger partial charge in [0.1, 0.15) is 0 Å². The fourth-order valence-electron chi connectivity index (χ4n) is 1.64. The molecule has 96 valence electrons. The van der Waals surface area contributed by atoms with E-state index >= 15 is 0 Å². The lowest BCUT2D eigenvalue weighted by Gasteiger charge is -2.24. The van der Waals surface area contributed by atoms with Crippen LogP contribution in [-0.2, 0) is 11.2 Å². The van der Waals surface area contributed by atoms with E-state index in [2.05, 4.69) is 21.2 Å². The first-order chi connectivity index (χ1) is 8.03. The summed E-state index contributed by atoms with van der Waals surface area (Å²) in [4.78, 5) is 0. The molecule has 0 aliphatic heterocycles. The first-order valence-corrected chi connectivity index (χ1v) is 6.49. The second-order valence-corrected chi connectivity index (χ2v) is 5.39. The van der Waals surface area contributed by atoms with E-state index < -0.39 is 5.60 Å². The summed E-state index contributed by atoms with van der Waals surface area (Å²) < 4.78 is 5.99. The van der Waals surface area contributed by atoms with E-state index in [-0.39, 0.29) is 0 Å². The summed E-state index contributed by atoms with van der Waals surface area (Å²) in [5.41, 5.74) is 0.397. The Labute approximate surface area is 111 Å². The summed E-state index contributed by atoms with van der Waals surface area (Å²) >= 11 is 3.40. The van der Waals surface area contributed by atoms with Gasteiger partial charge in [0.15, 0.2) is 0 Å². The van der Waals surface area contributed by atoms with Crippen LogP contribution in [0.4, 0.5) is 0 Å². The number of hydrogen-bond donors (Lipinski definition) is 2. The fraction of sp³-hybridized carbons (Fsp3) is 0.538. The maximum Gasteiger partial charge on any atom is 0.0783 e. The summed E-state index contributed by atoms with van der Waals surface area (Å²) in [6.07, 6.45) is 0.639. The Hall–Kier alpha value is -0.420. The van der Waals surface area contributed by atoms with Crippen molar-refractivity contribution in [2.45, 2.75) is 18.9 Å². The first-order valence-electron chi connectivity index (χ1n) is 5.70. The van der Waals surface area contributed by atoms with Gasteiger partial charge in [0.2, 0.25) is 0 Å². The average molecular weight is 302 g/mol. The van der Waals surface area contributed by atoms with Crippen LogP contribution in [0.2, 0.25) is 0 Å². The van der Waals surface area contributed by atoms with E-state index in [4.69, 9.17) is 4.74 Å². The number of halogens is 1. The molecule has 1 atom stereocenters. The molecule has 0 radical (unpaired) electrons. The van der Waals surface area contributed by atoms with Gasteiger partial charge in [-0.3, -0.25) is 0 Å². The maximum absolute atomic E-state index is 10.2. The minimum absolute atomic E-state index is 0.562. The van der Waals surface area contributed by atoms with Gasteiger partial charge in [-0.25, -0.2) is 0 Å². The third kappa shape index (κ3) is 6.17. The lowest BCUT2D eigenvalue weighted by molar-refractivity contribution is 0.0581. The highest BCUT2D eigenvalue weighted by atomic mass is 79.9. The smallest absolute Gasteiger partial charge is 0.0783 e. The van der Waals surface area contributed by atoms with Crippen LogP contribution in [0.3, 0.4) is 0 Å². The second-order valence-electron chi connectivity index (χ2n) is 4.47. The van der Waals surface area contributed by atoms with Gasteiger partial charge in [0.05, 0.1) is 12.2 Å². The van der Waals surface area contributed by atoms with Crippen molar-refractivity contribution in [2.75, 3.05) is 26.8 Å². The van der Waals surface area contributed by atoms with Crippen LogP contribution in [0, 0.1) is 0 Å². The van der Waals surface area contributed by atoms with E-state index in [1.807, 2.05) is 31.2 Å². The molecule has 1 aromatic carbocycles. The molecule has 1 unspecified atom stereocenters. The van der Waals surface area contributed by atoms with Crippen molar-refractivity contribution in [1.82, 2.24) is 5.32 Å². The summed E-state index contributed by atoms with van der Waals surface area (Å²) in [5, 5.41) is 13.4. The number of benzene rings is 1. The van der Waals surface area contributed by atoms with Crippen molar-refractivity contribution in [3.05, 3.63) is 34.3 Å². The predicted molar refractivity (Wildman–Crippen MR) is 73.2 cm³/mol. The van der Waals surface area contributed by atoms with E-state index in [1.54, 1.807) is 7.11 Å². The first kappa shape index (κ1) is 14.6. The molecule has 2 N–H and O–H groups in total. The van der Waals surface area contributed by atoms with E-state index in [0.29, 0.717) is 19.6 Å². The van der Waals surface area contributed by atoms with Crippen molar-refractivity contribution < 1.29 is 9.84 Å². The summed E-state index contributed by atoms with van der Waals surface area (Å²) in [7, 11) is 1.67. The van der Waals surface area contributed by atoms with Crippen molar-refractivity contribution >= 4 is 15.9 Å². The fourth-order valence-corrected chi connectivity index (χ4v) is 1.90. The Morgan fingerprint density at radius 3 is 2.59 bits per heavy atom. The molecular formula is C13H20BrNO2. The normalized spacial score (nSPS) is 14.6. The lowest BCUT2D eigenvalue weighted by atomic mass is 9.96. The van der Waals surface area contributed by atoms with Gasteiger partial charge in [-0.05, 0) is 24.6 Å². The summed E-state index contributed by atoms with van der Waals surface area (Å²) in [6, 6.07) is 8.02. The minimum atomic E-state index is -0.735. The van der Waals surface area contributed by atoms with Crippen LogP contribution in [0.25, 0.3) is 0 Å². The number of aliphatic hydroxyl groups is 1. The number of hydrogen-bond acceptors (Lipinski definition) is 3. The van der Waals surface area contributed by atoms with Crippen molar-refractivity contribution in [3.63, 3.8) is 0 Å². The molecule has 3 nitrogen and oxygen atoms in total. The van der Waals surface area contributed by atoms with Crippen LogP contribution in [0.5, 0.6) is 0 Å². The highest BCUT2D eigenvalue weighted by Crippen LogP contribution is 2.15. The van der Waals surface area contributed by atoms with Crippen LogP contribution in [0.15, 0.2) is 28.7 Å². The molecule has 0 fully saturated rings. The predicted octanol–water partition coefficient (Wildman–Crippen LogP) is 1.98. The zero-order chi connectivity index (χ0) is 12.7. The van der Waals surface area contributed by atoms with E-state index in [0.717, 1.165) is 16.6 Å². The van der Waals surface area contributed by atoms with Crippen LogP contribution >= 0.6 is 15.9 Å². The van der Waals surface area contributed by atoms with Crippen molar-refractivity contribution in [1.29, 1.82) is 0 Å². The average Bonchev–Trinajstić information content (AvgIpc) is 2.27. The molecule has 0 aliphatic carbocycles. The lowest BCUT2D eigenvalue weighted by Crippen LogP contribution is -2.40.